The van der Waals surface area contributed by atoms with E-state index in [0.29, 0.717) is 30.2 Å². The Labute approximate surface area is 140 Å². The van der Waals surface area contributed by atoms with E-state index in [2.05, 4.69) is 15.7 Å². The fourth-order valence-corrected chi connectivity index (χ4v) is 2.18. The molecule has 2 rings (SSSR count). The second-order valence-corrected chi connectivity index (χ2v) is 5.94. The molecule has 23 heavy (non-hydrogen) atoms. The van der Waals surface area contributed by atoms with E-state index in [1.165, 1.54) is 0 Å². The molecule has 1 heterocycles. The fraction of sp³-hybridized carbons (Fsp3) is 0.375. The van der Waals surface area contributed by atoms with E-state index in [0.717, 1.165) is 5.56 Å². The molecule has 1 aromatic heterocycles. The van der Waals surface area contributed by atoms with Crippen LogP contribution >= 0.6 is 11.6 Å². The van der Waals surface area contributed by atoms with Crippen molar-refractivity contribution in [3.8, 4) is 0 Å². The van der Waals surface area contributed by atoms with Crippen LogP contribution < -0.4 is 10.6 Å². The van der Waals surface area contributed by atoms with E-state index in [1.807, 2.05) is 31.2 Å². The first-order chi connectivity index (χ1) is 11.1. The van der Waals surface area contributed by atoms with Crippen LogP contribution in [0.4, 0.5) is 10.5 Å². The Kier molecular flexibility index (Phi) is 6.43. The number of aliphatic hydroxyl groups excluding tert-OH is 1. The Bertz CT molecular complexity index is 627. The summed E-state index contributed by atoms with van der Waals surface area (Å²) < 4.78 is 1.74. The number of urea groups is 1. The van der Waals surface area contributed by atoms with Gasteiger partial charge in [-0.2, -0.15) is 5.10 Å². The zero-order valence-electron chi connectivity index (χ0n) is 13.0. The van der Waals surface area contributed by atoms with Crippen LogP contribution in [-0.2, 0) is 6.54 Å². The zero-order valence-corrected chi connectivity index (χ0v) is 13.8. The highest BCUT2D eigenvalue weighted by molar-refractivity contribution is 6.30. The summed E-state index contributed by atoms with van der Waals surface area (Å²) in [5.41, 5.74) is 1.71. The van der Waals surface area contributed by atoms with Gasteiger partial charge in [-0.15, -0.1) is 0 Å². The van der Waals surface area contributed by atoms with Gasteiger partial charge in [-0.1, -0.05) is 30.7 Å². The lowest BCUT2D eigenvalue weighted by molar-refractivity contribution is 0.243. The SMILES string of the molecule is CC(CCO)CNC(=O)Nc1cnn(Cc2ccc(Cl)cc2)c1. The van der Waals surface area contributed by atoms with Crippen LogP contribution in [0, 0.1) is 5.92 Å². The second kappa shape index (κ2) is 8.55. The van der Waals surface area contributed by atoms with Gasteiger partial charge >= 0.3 is 6.03 Å². The summed E-state index contributed by atoms with van der Waals surface area (Å²) in [5.74, 6) is 0.235. The van der Waals surface area contributed by atoms with Crippen LogP contribution in [0.2, 0.25) is 5.02 Å². The highest BCUT2D eigenvalue weighted by Crippen LogP contribution is 2.12. The van der Waals surface area contributed by atoms with Gasteiger partial charge in [0.1, 0.15) is 0 Å². The van der Waals surface area contributed by atoms with E-state index in [9.17, 15) is 4.79 Å². The third-order valence-corrected chi connectivity index (χ3v) is 3.63. The molecule has 1 atom stereocenters. The minimum atomic E-state index is -0.277. The lowest BCUT2D eigenvalue weighted by atomic mass is 10.1. The third kappa shape index (κ3) is 5.92. The first-order valence-electron chi connectivity index (χ1n) is 7.49. The van der Waals surface area contributed by atoms with Gasteiger partial charge in [0.2, 0.25) is 0 Å². The fourth-order valence-electron chi connectivity index (χ4n) is 2.06. The van der Waals surface area contributed by atoms with Gasteiger partial charge in [-0.25, -0.2) is 4.79 Å². The molecule has 2 amide bonds. The molecule has 0 spiro atoms. The Morgan fingerprint density at radius 2 is 2.13 bits per heavy atom. The number of aliphatic hydroxyl groups is 1. The second-order valence-electron chi connectivity index (χ2n) is 5.51. The lowest BCUT2D eigenvalue weighted by Gasteiger charge is -2.11. The van der Waals surface area contributed by atoms with Gasteiger partial charge in [0.15, 0.2) is 0 Å². The first kappa shape index (κ1) is 17.3. The Morgan fingerprint density at radius 3 is 2.83 bits per heavy atom. The van der Waals surface area contributed by atoms with E-state index in [4.69, 9.17) is 16.7 Å². The molecule has 3 N–H and O–H groups in total. The summed E-state index contributed by atoms with van der Waals surface area (Å²) in [5, 5.41) is 19.3. The molecule has 7 heteroatoms. The zero-order chi connectivity index (χ0) is 16.7. The minimum Gasteiger partial charge on any atom is -0.396 e. The summed E-state index contributed by atoms with van der Waals surface area (Å²) in [6.45, 7) is 3.22. The van der Waals surface area contributed by atoms with Gasteiger partial charge < -0.3 is 15.7 Å². The highest BCUT2D eigenvalue weighted by atomic mass is 35.5. The van der Waals surface area contributed by atoms with Crippen molar-refractivity contribution >= 4 is 23.3 Å². The summed E-state index contributed by atoms with van der Waals surface area (Å²) in [6, 6.07) is 7.26. The van der Waals surface area contributed by atoms with E-state index >= 15 is 0 Å². The molecule has 1 unspecified atom stereocenters. The number of carbonyl (C=O) groups excluding carboxylic acids is 1. The van der Waals surface area contributed by atoms with Crippen molar-refractivity contribution in [2.24, 2.45) is 5.92 Å². The lowest BCUT2D eigenvalue weighted by Crippen LogP contribution is -2.32. The first-order valence-corrected chi connectivity index (χ1v) is 7.87. The molecule has 0 saturated heterocycles. The number of amides is 2. The van der Waals surface area contributed by atoms with Crippen molar-refractivity contribution in [1.29, 1.82) is 0 Å². The molecule has 0 aliphatic rings. The molecular formula is C16H21ClN4O2. The average molecular weight is 337 g/mol. The molecule has 0 saturated carbocycles. The molecule has 0 radical (unpaired) electrons. The number of benzene rings is 1. The van der Waals surface area contributed by atoms with Crippen LogP contribution in [-0.4, -0.2) is 34.1 Å². The largest absolute Gasteiger partial charge is 0.396 e. The standard InChI is InChI=1S/C16H21ClN4O2/c1-12(6-7-22)8-18-16(23)20-15-9-19-21(11-15)10-13-2-4-14(17)5-3-13/h2-5,9,11-12,22H,6-8,10H2,1H3,(H2,18,20,23). The topological polar surface area (TPSA) is 79.2 Å². The Balaban J connectivity index is 1.82. The van der Waals surface area contributed by atoms with Crippen molar-refractivity contribution in [3.63, 3.8) is 0 Å². The van der Waals surface area contributed by atoms with E-state index < -0.39 is 0 Å². The molecule has 6 nitrogen and oxygen atoms in total. The molecule has 1 aromatic carbocycles. The van der Waals surface area contributed by atoms with E-state index in [-0.39, 0.29) is 18.6 Å². The van der Waals surface area contributed by atoms with Crippen molar-refractivity contribution in [2.75, 3.05) is 18.5 Å². The van der Waals surface area contributed by atoms with Gasteiger partial charge in [0.05, 0.1) is 18.4 Å². The summed E-state index contributed by atoms with van der Waals surface area (Å²) in [4.78, 5) is 11.8. The van der Waals surface area contributed by atoms with Crippen LogP contribution in [0.25, 0.3) is 0 Å². The normalized spacial score (nSPS) is 12.0. The number of hydrogen-bond acceptors (Lipinski definition) is 3. The third-order valence-electron chi connectivity index (χ3n) is 3.38. The monoisotopic (exact) mass is 336 g/mol. The van der Waals surface area contributed by atoms with Crippen molar-refractivity contribution in [1.82, 2.24) is 15.1 Å². The Morgan fingerprint density at radius 1 is 1.39 bits per heavy atom. The van der Waals surface area contributed by atoms with Crippen LogP contribution in [0.5, 0.6) is 0 Å². The summed E-state index contributed by atoms with van der Waals surface area (Å²) in [6.07, 6.45) is 4.04. The molecule has 124 valence electrons. The summed E-state index contributed by atoms with van der Waals surface area (Å²) >= 11 is 5.86. The predicted molar refractivity (Wildman–Crippen MR) is 90.7 cm³/mol. The number of halogens is 1. The van der Waals surface area contributed by atoms with Gasteiger partial charge in [-0.3, -0.25) is 4.68 Å². The predicted octanol–water partition coefficient (Wildman–Crippen LogP) is 2.72. The number of nitrogens with one attached hydrogen (secondary N) is 2. The number of rotatable bonds is 7. The number of aromatic nitrogens is 2. The van der Waals surface area contributed by atoms with Crippen LogP contribution in [0.1, 0.15) is 18.9 Å². The minimum absolute atomic E-state index is 0.127. The van der Waals surface area contributed by atoms with Crippen LogP contribution in [0.3, 0.4) is 0 Å². The molecule has 0 fully saturated rings. The molecule has 0 aliphatic carbocycles. The quantitative estimate of drug-likeness (QED) is 0.727. The maximum atomic E-state index is 11.8. The van der Waals surface area contributed by atoms with Crippen molar-refractivity contribution in [3.05, 3.63) is 47.2 Å². The van der Waals surface area contributed by atoms with Gasteiger partial charge in [0, 0.05) is 24.4 Å². The number of hydrogen-bond donors (Lipinski definition) is 3. The number of anilines is 1. The van der Waals surface area contributed by atoms with E-state index in [1.54, 1.807) is 17.1 Å². The molecular weight excluding hydrogens is 316 g/mol. The number of nitrogens with zero attached hydrogens (tertiary/aromatic N) is 2. The molecule has 0 aliphatic heterocycles. The van der Waals surface area contributed by atoms with Gasteiger partial charge in [0.25, 0.3) is 0 Å². The molecule has 2 aromatic rings. The van der Waals surface area contributed by atoms with Gasteiger partial charge in [-0.05, 0) is 30.0 Å². The summed E-state index contributed by atoms with van der Waals surface area (Å²) in [7, 11) is 0. The van der Waals surface area contributed by atoms with Crippen molar-refractivity contribution < 1.29 is 9.90 Å². The maximum Gasteiger partial charge on any atom is 0.319 e. The average Bonchev–Trinajstić information content (AvgIpc) is 2.95. The molecule has 0 bridgehead atoms. The van der Waals surface area contributed by atoms with Crippen molar-refractivity contribution in [2.45, 2.75) is 19.9 Å². The van der Waals surface area contributed by atoms with Crippen LogP contribution in [0.15, 0.2) is 36.7 Å². The Hall–Kier alpha value is -2.05. The maximum absolute atomic E-state index is 11.8. The smallest absolute Gasteiger partial charge is 0.319 e. The number of carbonyl (C=O) groups is 1. The highest BCUT2D eigenvalue weighted by Gasteiger charge is 2.07.